The van der Waals surface area contributed by atoms with Gasteiger partial charge < -0.3 is 19.5 Å². The Morgan fingerprint density at radius 1 is 1.07 bits per heavy atom. The van der Waals surface area contributed by atoms with Gasteiger partial charge in [0.05, 0.1) is 13.2 Å². The fourth-order valence-corrected chi connectivity index (χ4v) is 2.51. The van der Waals surface area contributed by atoms with Crippen molar-refractivity contribution in [3.63, 3.8) is 0 Å². The van der Waals surface area contributed by atoms with Crippen LogP contribution in [0, 0.1) is 11.3 Å². The topological polar surface area (TPSA) is 97.7 Å². The zero-order valence-corrected chi connectivity index (χ0v) is 17.4. The molecule has 7 nitrogen and oxygen atoms in total. The molecule has 2 aromatic carbocycles. The quantitative estimate of drug-likeness (QED) is 0.364. The molecule has 0 unspecified atom stereocenters. The summed E-state index contributed by atoms with van der Waals surface area (Å²) in [7, 11) is 0. The monoisotopic (exact) mass is 428 g/mol. The van der Waals surface area contributed by atoms with E-state index in [4.69, 9.17) is 25.8 Å². The van der Waals surface area contributed by atoms with Gasteiger partial charge in [-0.25, -0.2) is 4.79 Å². The number of nitrogens with zero attached hydrogens (tertiary/aromatic N) is 1. The number of nitriles is 1. The number of amides is 1. The predicted molar refractivity (Wildman–Crippen MR) is 113 cm³/mol. The van der Waals surface area contributed by atoms with Gasteiger partial charge in [-0.05, 0) is 61.9 Å². The number of esters is 1. The molecule has 0 aliphatic rings. The van der Waals surface area contributed by atoms with Gasteiger partial charge in [-0.2, -0.15) is 5.26 Å². The molecule has 0 saturated carbocycles. The van der Waals surface area contributed by atoms with Crippen LogP contribution in [0.5, 0.6) is 11.5 Å². The molecule has 0 fully saturated rings. The first kappa shape index (κ1) is 22.8. The lowest BCUT2D eigenvalue weighted by Crippen LogP contribution is -2.15. The van der Waals surface area contributed by atoms with Crippen molar-refractivity contribution < 1.29 is 23.8 Å². The number of carbonyl (C=O) groups is 2. The smallest absolute Gasteiger partial charge is 0.344 e. The van der Waals surface area contributed by atoms with Gasteiger partial charge in [-0.15, -0.1) is 0 Å². The predicted octanol–water partition coefficient (Wildman–Crippen LogP) is 4.23. The molecule has 0 spiro atoms. The van der Waals surface area contributed by atoms with E-state index in [2.05, 4.69) is 5.32 Å². The van der Waals surface area contributed by atoms with Crippen LogP contribution >= 0.6 is 11.6 Å². The summed E-state index contributed by atoms with van der Waals surface area (Å²) in [5, 5.41) is 12.6. The number of ether oxygens (including phenoxy) is 3. The van der Waals surface area contributed by atoms with Gasteiger partial charge >= 0.3 is 5.97 Å². The minimum atomic E-state index is -0.555. The van der Waals surface area contributed by atoms with Gasteiger partial charge in [0.25, 0.3) is 5.91 Å². The number of anilines is 1. The van der Waals surface area contributed by atoms with Crippen molar-refractivity contribution in [3.8, 4) is 17.6 Å². The molecular weight excluding hydrogens is 408 g/mol. The van der Waals surface area contributed by atoms with Gasteiger partial charge in [-0.3, -0.25) is 4.79 Å². The normalized spacial score (nSPS) is 10.7. The lowest BCUT2D eigenvalue weighted by Gasteiger charge is -2.12. The number of hydrogen-bond donors (Lipinski definition) is 1. The minimum absolute atomic E-state index is 0.0902. The first-order valence-corrected chi connectivity index (χ1v) is 9.58. The third-order valence-corrected chi connectivity index (χ3v) is 3.95. The molecule has 30 heavy (non-hydrogen) atoms. The second-order valence-electron chi connectivity index (χ2n) is 5.86. The Labute approximate surface area is 179 Å². The summed E-state index contributed by atoms with van der Waals surface area (Å²) in [4.78, 5) is 23.9. The van der Waals surface area contributed by atoms with Crippen molar-refractivity contribution in [1.29, 1.82) is 5.26 Å². The molecule has 0 heterocycles. The van der Waals surface area contributed by atoms with Crippen LogP contribution in [-0.2, 0) is 14.3 Å². The second kappa shape index (κ2) is 11.5. The van der Waals surface area contributed by atoms with E-state index in [1.807, 2.05) is 6.07 Å². The zero-order chi connectivity index (χ0) is 21.9. The zero-order valence-electron chi connectivity index (χ0n) is 16.6. The molecule has 2 aromatic rings. The molecular formula is C22H21ClN2O5. The molecule has 156 valence electrons. The van der Waals surface area contributed by atoms with Crippen molar-refractivity contribution >= 4 is 35.2 Å². The summed E-state index contributed by atoms with van der Waals surface area (Å²) in [6.07, 6.45) is 1.43. The van der Waals surface area contributed by atoms with Crippen LogP contribution in [0.15, 0.2) is 48.0 Å². The van der Waals surface area contributed by atoms with Crippen molar-refractivity contribution in [2.24, 2.45) is 0 Å². The Balaban J connectivity index is 2.19. The largest absolute Gasteiger partial charge is 0.490 e. The fraction of sp³-hybridized carbons (Fsp3) is 0.227. The third kappa shape index (κ3) is 6.83. The van der Waals surface area contributed by atoms with Gasteiger partial charge in [0, 0.05) is 10.7 Å². The number of nitrogens with one attached hydrogen (secondary N) is 1. The first-order valence-electron chi connectivity index (χ1n) is 9.20. The minimum Gasteiger partial charge on any atom is -0.490 e. The van der Waals surface area contributed by atoms with Crippen LogP contribution in [0.25, 0.3) is 6.08 Å². The molecule has 0 atom stereocenters. The van der Waals surface area contributed by atoms with Crippen molar-refractivity contribution in [1.82, 2.24) is 0 Å². The molecule has 1 amide bonds. The van der Waals surface area contributed by atoms with Crippen LogP contribution in [-0.4, -0.2) is 31.7 Å². The summed E-state index contributed by atoms with van der Waals surface area (Å²) >= 11 is 5.83. The van der Waals surface area contributed by atoms with Crippen LogP contribution in [0.3, 0.4) is 0 Å². The summed E-state index contributed by atoms with van der Waals surface area (Å²) < 4.78 is 15.8. The van der Waals surface area contributed by atoms with E-state index in [0.717, 1.165) is 0 Å². The SMILES string of the molecule is CCOC(=O)COc1ccc(/C=C(/C#N)C(=O)Nc2ccc(Cl)cc2)cc1OCC. The fourth-order valence-electron chi connectivity index (χ4n) is 2.39. The summed E-state index contributed by atoms with van der Waals surface area (Å²) in [6.45, 7) is 3.89. The van der Waals surface area contributed by atoms with Gasteiger partial charge in [-0.1, -0.05) is 17.7 Å². The highest BCUT2D eigenvalue weighted by Gasteiger charge is 2.12. The van der Waals surface area contributed by atoms with E-state index in [1.54, 1.807) is 56.3 Å². The molecule has 0 aliphatic carbocycles. The third-order valence-electron chi connectivity index (χ3n) is 3.70. The Kier molecular flexibility index (Phi) is 8.73. The average molecular weight is 429 g/mol. The Bertz CT molecular complexity index is 964. The second-order valence-corrected chi connectivity index (χ2v) is 6.30. The van der Waals surface area contributed by atoms with E-state index in [9.17, 15) is 14.9 Å². The molecule has 0 bridgehead atoms. The standard InChI is InChI=1S/C22H21ClN2O5/c1-3-28-20-12-15(5-10-19(20)30-14-21(26)29-4-2)11-16(13-24)22(27)25-18-8-6-17(23)7-9-18/h5-12H,3-4,14H2,1-2H3,(H,25,27)/b16-11-. The van der Waals surface area contributed by atoms with Gasteiger partial charge in [0.2, 0.25) is 0 Å². The van der Waals surface area contributed by atoms with Crippen molar-refractivity contribution in [2.75, 3.05) is 25.1 Å². The molecule has 8 heteroatoms. The molecule has 2 rings (SSSR count). The summed E-state index contributed by atoms with van der Waals surface area (Å²) in [6, 6.07) is 13.3. The average Bonchev–Trinajstić information content (AvgIpc) is 2.73. The first-order chi connectivity index (χ1) is 14.5. The van der Waals surface area contributed by atoms with E-state index < -0.39 is 11.9 Å². The van der Waals surface area contributed by atoms with Crippen LogP contribution < -0.4 is 14.8 Å². The van der Waals surface area contributed by atoms with Crippen LogP contribution in [0.4, 0.5) is 5.69 Å². The lowest BCUT2D eigenvalue weighted by molar-refractivity contribution is -0.145. The molecule has 0 radical (unpaired) electrons. The number of carbonyl (C=O) groups excluding carboxylic acids is 2. The van der Waals surface area contributed by atoms with E-state index in [0.29, 0.717) is 34.4 Å². The van der Waals surface area contributed by atoms with Gasteiger partial charge in [0.15, 0.2) is 18.1 Å². The maximum atomic E-state index is 12.4. The van der Waals surface area contributed by atoms with Crippen molar-refractivity contribution in [3.05, 3.63) is 58.6 Å². The van der Waals surface area contributed by atoms with E-state index in [-0.39, 0.29) is 18.8 Å². The number of benzene rings is 2. The lowest BCUT2D eigenvalue weighted by atomic mass is 10.1. The Hall–Kier alpha value is -3.50. The van der Waals surface area contributed by atoms with E-state index >= 15 is 0 Å². The Morgan fingerprint density at radius 2 is 1.80 bits per heavy atom. The Morgan fingerprint density at radius 3 is 2.43 bits per heavy atom. The molecule has 0 saturated heterocycles. The van der Waals surface area contributed by atoms with Crippen LogP contribution in [0.1, 0.15) is 19.4 Å². The molecule has 0 aromatic heterocycles. The maximum absolute atomic E-state index is 12.4. The number of halogens is 1. The van der Waals surface area contributed by atoms with Gasteiger partial charge in [0.1, 0.15) is 11.6 Å². The highest BCUT2D eigenvalue weighted by atomic mass is 35.5. The summed E-state index contributed by atoms with van der Waals surface area (Å²) in [5.41, 5.74) is 0.987. The highest BCUT2D eigenvalue weighted by molar-refractivity contribution is 6.30. The summed E-state index contributed by atoms with van der Waals surface area (Å²) in [5.74, 6) is -0.313. The number of rotatable bonds is 9. The molecule has 1 N–H and O–H groups in total. The number of hydrogen-bond acceptors (Lipinski definition) is 6. The molecule has 0 aliphatic heterocycles. The van der Waals surface area contributed by atoms with E-state index in [1.165, 1.54) is 6.08 Å². The van der Waals surface area contributed by atoms with Crippen LogP contribution in [0.2, 0.25) is 5.02 Å². The maximum Gasteiger partial charge on any atom is 0.344 e. The highest BCUT2D eigenvalue weighted by Crippen LogP contribution is 2.29. The van der Waals surface area contributed by atoms with Crippen molar-refractivity contribution in [2.45, 2.75) is 13.8 Å².